The number of hydrogen-bond donors (Lipinski definition) is 1. The Bertz CT molecular complexity index is 722. The van der Waals surface area contributed by atoms with Crippen LogP contribution in [0, 0.1) is 0 Å². The fraction of sp³-hybridized carbons (Fsp3) is 0.417. The molecule has 1 aliphatic carbocycles. The fourth-order valence-corrected chi connectivity index (χ4v) is 8.99. The van der Waals surface area contributed by atoms with Crippen LogP contribution >= 0.6 is 0 Å². The van der Waals surface area contributed by atoms with Gasteiger partial charge in [0, 0.05) is 0 Å². The molecule has 0 aliphatic heterocycles. The molecule has 0 amide bonds. The van der Waals surface area contributed by atoms with E-state index >= 15 is 0 Å². The topological polar surface area (TPSA) is 29.5 Å². The van der Waals surface area contributed by atoms with Crippen molar-refractivity contribution in [1.82, 2.24) is 0 Å². The van der Waals surface area contributed by atoms with Gasteiger partial charge in [-0.25, -0.2) is 0 Å². The summed E-state index contributed by atoms with van der Waals surface area (Å²) in [6, 6.07) is 21.4. The minimum atomic E-state index is -2.53. The third-order valence-corrected chi connectivity index (χ3v) is 10.7. The van der Waals surface area contributed by atoms with E-state index in [0.29, 0.717) is 0 Å². The van der Waals surface area contributed by atoms with E-state index in [-0.39, 0.29) is 17.2 Å². The van der Waals surface area contributed by atoms with Crippen molar-refractivity contribution < 1.29 is 9.53 Å². The quantitative estimate of drug-likeness (QED) is 0.614. The van der Waals surface area contributed by atoms with Crippen LogP contribution in [-0.2, 0) is 4.43 Å². The first-order valence-electron chi connectivity index (χ1n) is 10.0. The van der Waals surface area contributed by atoms with Crippen molar-refractivity contribution in [3.8, 4) is 0 Å². The first kappa shape index (κ1) is 20.1. The smallest absolute Gasteiger partial charge is 0.261 e. The molecule has 0 aromatic heterocycles. The number of aliphatic hydroxyl groups excluding tert-OH is 1. The van der Waals surface area contributed by atoms with Crippen molar-refractivity contribution in [2.45, 2.75) is 64.2 Å². The van der Waals surface area contributed by atoms with Crippen LogP contribution < -0.4 is 10.4 Å². The van der Waals surface area contributed by atoms with Gasteiger partial charge in [-0.1, -0.05) is 87.5 Å². The summed E-state index contributed by atoms with van der Waals surface area (Å²) in [5.74, 6) is 0. The number of rotatable bonds is 5. The van der Waals surface area contributed by atoms with Gasteiger partial charge in [0.2, 0.25) is 0 Å². The highest BCUT2D eigenvalue weighted by Crippen LogP contribution is 2.38. The molecule has 2 aromatic carbocycles. The van der Waals surface area contributed by atoms with E-state index in [1.54, 1.807) is 0 Å². The van der Waals surface area contributed by atoms with E-state index in [1.165, 1.54) is 10.4 Å². The first-order valence-corrected chi connectivity index (χ1v) is 11.9. The van der Waals surface area contributed by atoms with Gasteiger partial charge in [-0.3, -0.25) is 0 Å². The molecule has 1 saturated carbocycles. The highest BCUT2D eigenvalue weighted by Gasteiger charge is 2.50. The minimum Gasteiger partial charge on any atom is -0.401 e. The summed E-state index contributed by atoms with van der Waals surface area (Å²) in [5.41, 5.74) is 1.14. The maximum absolute atomic E-state index is 10.2. The molecule has 2 nitrogen and oxygen atoms in total. The molecule has 2 aromatic rings. The lowest BCUT2D eigenvalue weighted by atomic mass is 10.1. The van der Waals surface area contributed by atoms with Crippen LogP contribution in [0.25, 0.3) is 0 Å². The molecular formula is C24H32O2Si. The van der Waals surface area contributed by atoms with Gasteiger partial charge in [-0.2, -0.15) is 0 Å². The average Bonchev–Trinajstić information content (AvgIpc) is 3.04. The number of benzene rings is 2. The molecule has 0 saturated heterocycles. The second-order valence-corrected chi connectivity index (χ2v) is 12.9. The second kappa shape index (κ2) is 8.13. The third-order valence-electron chi connectivity index (χ3n) is 5.60. The largest absolute Gasteiger partial charge is 0.401 e. The molecule has 0 spiro atoms. The van der Waals surface area contributed by atoms with Crippen LogP contribution in [0.4, 0.5) is 0 Å². The van der Waals surface area contributed by atoms with Crippen LogP contribution in [0.5, 0.6) is 0 Å². The minimum absolute atomic E-state index is 0.0310. The fourth-order valence-electron chi connectivity index (χ4n) is 4.35. The standard InChI is InChI=1S/C24H32O2Si/c1-19(18-20-12-11-17-23(20)25)26-27(24(2,3)4,21-13-7-5-8-14-21)22-15-9-6-10-16-22/h5-10,13-16,18-19,23,25H,11-12,17H2,1-4H3/b20-18+/t19?,23-/m1/s1. The Kier molecular flexibility index (Phi) is 6.04. The van der Waals surface area contributed by atoms with Gasteiger partial charge in [-0.05, 0) is 47.2 Å². The van der Waals surface area contributed by atoms with Crippen LogP contribution in [0.3, 0.4) is 0 Å². The SMILES string of the molecule is CC(/C=C1\CCC[C@H]1O)O[Si](c1ccccc1)(c1ccccc1)C(C)(C)C. The lowest BCUT2D eigenvalue weighted by molar-refractivity contribution is 0.211. The number of aliphatic hydroxyl groups is 1. The monoisotopic (exact) mass is 380 g/mol. The van der Waals surface area contributed by atoms with E-state index in [2.05, 4.69) is 94.4 Å². The highest BCUT2D eigenvalue weighted by atomic mass is 28.4. The lowest BCUT2D eigenvalue weighted by Crippen LogP contribution is -2.67. The Balaban J connectivity index is 2.09. The van der Waals surface area contributed by atoms with Crippen LogP contribution in [0.15, 0.2) is 72.3 Å². The molecule has 1 fully saturated rings. The van der Waals surface area contributed by atoms with Gasteiger partial charge >= 0.3 is 0 Å². The summed E-state index contributed by atoms with van der Waals surface area (Å²) in [6.07, 6.45) is 4.75. The molecule has 1 N–H and O–H groups in total. The molecule has 0 radical (unpaired) electrons. The van der Waals surface area contributed by atoms with Gasteiger partial charge in [0.25, 0.3) is 8.32 Å². The maximum atomic E-state index is 10.2. The predicted octanol–water partition coefficient (Wildman–Crippen LogP) is 4.42. The molecule has 144 valence electrons. The Hall–Kier alpha value is -1.68. The summed E-state index contributed by atoms with van der Waals surface area (Å²) >= 11 is 0. The van der Waals surface area contributed by atoms with Crippen molar-refractivity contribution in [1.29, 1.82) is 0 Å². The summed E-state index contributed by atoms with van der Waals surface area (Å²) in [7, 11) is -2.53. The zero-order valence-corrected chi connectivity index (χ0v) is 18.0. The van der Waals surface area contributed by atoms with Crippen LogP contribution in [0.2, 0.25) is 5.04 Å². The molecule has 3 heteroatoms. The molecule has 27 heavy (non-hydrogen) atoms. The Labute approximate surface area is 165 Å². The van der Waals surface area contributed by atoms with E-state index in [0.717, 1.165) is 24.8 Å². The van der Waals surface area contributed by atoms with Gasteiger partial charge in [0.1, 0.15) is 0 Å². The van der Waals surface area contributed by atoms with Gasteiger partial charge < -0.3 is 9.53 Å². The second-order valence-electron chi connectivity index (χ2n) is 8.64. The zero-order valence-electron chi connectivity index (χ0n) is 17.0. The Morgan fingerprint density at radius 2 is 1.52 bits per heavy atom. The Morgan fingerprint density at radius 1 is 1.00 bits per heavy atom. The maximum Gasteiger partial charge on any atom is 0.261 e. The molecule has 0 bridgehead atoms. The summed E-state index contributed by atoms with van der Waals surface area (Å²) in [6.45, 7) is 9.01. The number of hydrogen-bond acceptors (Lipinski definition) is 2. The van der Waals surface area contributed by atoms with Crippen LogP contribution in [0.1, 0.15) is 47.0 Å². The summed E-state index contributed by atoms with van der Waals surface area (Å²) in [5, 5.41) is 12.8. The van der Waals surface area contributed by atoms with Crippen molar-refractivity contribution in [2.75, 3.05) is 0 Å². The third kappa shape index (κ3) is 4.10. The molecule has 3 rings (SSSR count). The van der Waals surface area contributed by atoms with Crippen molar-refractivity contribution in [3.05, 3.63) is 72.3 Å². The summed E-state index contributed by atoms with van der Waals surface area (Å²) < 4.78 is 7.04. The van der Waals surface area contributed by atoms with E-state index in [9.17, 15) is 5.11 Å². The molecule has 2 atom stereocenters. The van der Waals surface area contributed by atoms with Crippen molar-refractivity contribution >= 4 is 18.7 Å². The molecule has 1 unspecified atom stereocenters. The first-order chi connectivity index (χ1) is 12.8. The molecule has 0 heterocycles. The Morgan fingerprint density at radius 3 is 1.93 bits per heavy atom. The van der Waals surface area contributed by atoms with Crippen molar-refractivity contribution in [2.24, 2.45) is 0 Å². The van der Waals surface area contributed by atoms with Gasteiger partial charge in [0.05, 0.1) is 12.2 Å². The predicted molar refractivity (Wildman–Crippen MR) is 116 cm³/mol. The van der Waals surface area contributed by atoms with Crippen LogP contribution in [-0.4, -0.2) is 25.6 Å². The summed E-state index contributed by atoms with van der Waals surface area (Å²) in [4.78, 5) is 0. The van der Waals surface area contributed by atoms with Gasteiger partial charge in [0.15, 0.2) is 0 Å². The van der Waals surface area contributed by atoms with E-state index in [1.807, 2.05) is 0 Å². The molecule has 1 aliphatic rings. The van der Waals surface area contributed by atoms with E-state index < -0.39 is 8.32 Å². The molecular weight excluding hydrogens is 348 g/mol. The van der Waals surface area contributed by atoms with Gasteiger partial charge in [-0.15, -0.1) is 0 Å². The zero-order chi connectivity index (χ0) is 19.5. The average molecular weight is 381 g/mol. The van der Waals surface area contributed by atoms with Crippen molar-refractivity contribution in [3.63, 3.8) is 0 Å². The van der Waals surface area contributed by atoms with E-state index in [4.69, 9.17) is 4.43 Å². The lowest BCUT2D eigenvalue weighted by Gasteiger charge is -2.44. The highest BCUT2D eigenvalue weighted by molar-refractivity contribution is 6.99. The normalized spacial score (nSPS) is 20.8.